The molecule has 2 aromatic carbocycles. The highest BCUT2D eigenvalue weighted by Gasteiger charge is 2.27. The molecule has 1 aliphatic rings. The average Bonchev–Trinajstić information content (AvgIpc) is 3.50. The van der Waals surface area contributed by atoms with E-state index in [9.17, 15) is 28.3 Å². The lowest BCUT2D eigenvalue weighted by atomic mass is 10.0. The molecule has 3 N–H and O–H groups in total. The monoisotopic (exact) mass is 493 g/mol. The van der Waals surface area contributed by atoms with E-state index in [0.717, 1.165) is 27.8 Å². The zero-order valence-corrected chi connectivity index (χ0v) is 18.4. The molecule has 1 unspecified atom stereocenters. The number of nitrogens with zero attached hydrogens (tertiary/aromatic N) is 5. The van der Waals surface area contributed by atoms with Gasteiger partial charge in [0.1, 0.15) is 11.4 Å². The predicted octanol–water partition coefficient (Wildman–Crippen LogP) is 1.84. The Bertz CT molecular complexity index is 1540. The number of hydrogen-bond donors (Lipinski definition) is 3. The number of aromatic carboxylic acids is 1. The second kappa shape index (κ2) is 9.09. The number of tetrazole rings is 1. The summed E-state index contributed by atoms with van der Waals surface area (Å²) in [7, 11) is 0. The van der Waals surface area contributed by atoms with Gasteiger partial charge in [-0.1, -0.05) is 17.2 Å². The number of carboxylic acids is 1. The first-order chi connectivity index (χ1) is 17.3. The van der Waals surface area contributed by atoms with E-state index in [0.29, 0.717) is 18.4 Å². The Hall–Kier alpha value is -4.81. The van der Waals surface area contributed by atoms with Crippen LogP contribution in [0.1, 0.15) is 60.5 Å². The van der Waals surface area contributed by atoms with E-state index in [2.05, 4.69) is 31.1 Å². The van der Waals surface area contributed by atoms with E-state index in [1.165, 1.54) is 18.2 Å². The van der Waals surface area contributed by atoms with Crippen molar-refractivity contribution in [3.8, 4) is 0 Å². The van der Waals surface area contributed by atoms with E-state index in [1.807, 2.05) is 0 Å². The topological polar surface area (TPSA) is 151 Å². The van der Waals surface area contributed by atoms with Gasteiger partial charge in [-0.15, -0.1) is 0 Å². The molecule has 0 fully saturated rings. The molecule has 1 aliphatic carbocycles. The Morgan fingerprint density at radius 1 is 1.06 bits per heavy atom. The summed E-state index contributed by atoms with van der Waals surface area (Å²) < 4.78 is 27.6. The highest BCUT2D eigenvalue weighted by molar-refractivity contribution is 5.98. The summed E-state index contributed by atoms with van der Waals surface area (Å²) in [6.45, 7) is -0.110. The molecule has 0 saturated carbocycles. The number of aryl methyl sites for hydroxylation is 1. The van der Waals surface area contributed by atoms with Crippen LogP contribution >= 0.6 is 0 Å². The number of benzene rings is 2. The van der Waals surface area contributed by atoms with Gasteiger partial charge in [-0.3, -0.25) is 9.59 Å². The van der Waals surface area contributed by atoms with E-state index < -0.39 is 29.4 Å². The minimum Gasteiger partial charge on any atom is -0.478 e. The normalized spacial score (nSPS) is 14.4. The third-order valence-corrected chi connectivity index (χ3v) is 5.85. The van der Waals surface area contributed by atoms with Crippen LogP contribution in [0.2, 0.25) is 0 Å². The van der Waals surface area contributed by atoms with Gasteiger partial charge in [0.2, 0.25) is 0 Å². The number of fused-ring (bicyclic) bond motifs is 2. The summed E-state index contributed by atoms with van der Waals surface area (Å²) in [5, 5.41) is 25.5. The van der Waals surface area contributed by atoms with Gasteiger partial charge in [0.15, 0.2) is 11.6 Å². The zero-order chi connectivity index (χ0) is 25.4. The van der Waals surface area contributed by atoms with E-state index in [1.54, 1.807) is 12.1 Å². The Balaban J connectivity index is 1.36. The van der Waals surface area contributed by atoms with Crippen molar-refractivity contribution in [1.82, 2.24) is 35.7 Å². The first kappa shape index (κ1) is 23.0. The lowest BCUT2D eigenvalue weighted by Gasteiger charge is -2.14. The van der Waals surface area contributed by atoms with Crippen LogP contribution in [0.25, 0.3) is 5.78 Å². The van der Waals surface area contributed by atoms with Crippen molar-refractivity contribution < 1.29 is 28.3 Å². The molecule has 4 aromatic rings. The van der Waals surface area contributed by atoms with E-state index in [4.69, 9.17) is 0 Å². The van der Waals surface area contributed by atoms with Gasteiger partial charge in [-0.05, 0) is 64.2 Å². The summed E-state index contributed by atoms with van der Waals surface area (Å²) in [5.74, 6) is -4.40. The number of carbonyl (C=O) groups is 3. The zero-order valence-electron chi connectivity index (χ0n) is 18.4. The smallest absolute Gasteiger partial charge is 0.335 e. The van der Waals surface area contributed by atoms with Crippen molar-refractivity contribution in [2.45, 2.75) is 25.4 Å². The van der Waals surface area contributed by atoms with Crippen molar-refractivity contribution >= 4 is 23.6 Å². The third-order valence-electron chi connectivity index (χ3n) is 5.85. The highest BCUT2D eigenvalue weighted by atomic mass is 19.2. The van der Waals surface area contributed by atoms with E-state index >= 15 is 0 Å². The number of carbonyl (C=O) groups excluding carboxylic acids is 2. The second-order valence-electron chi connectivity index (χ2n) is 8.13. The molecule has 0 spiro atoms. The molecule has 5 rings (SSSR count). The molecule has 2 amide bonds. The number of rotatable bonds is 6. The maximum absolute atomic E-state index is 13.5. The van der Waals surface area contributed by atoms with Gasteiger partial charge in [-0.25, -0.2) is 18.6 Å². The number of carboxylic acid groups (broad SMARTS) is 1. The van der Waals surface area contributed by atoms with Gasteiger partial charge in [0.05, 0.1) is 11.6 Å². The molecule has 0 aliphatic heterocycles. The standard InChI is InChI=1S/C23H17F2N7O4/c24-15-5-1-11(7-16(15)25)10-26-21(34)19-9-18(28-23-29-30-31-32(19)23)20(33)27-17-6-3-12-8-13(22(35)36)2-4-14(12)17/h1-2,4-5,7-9,17H,3,6,10H2,(H,26,34)(H,27,33)(H,35,36). The molecular weight excluding hydrogens is 476 g/mol. The van der Waals surface area contributed by atoms with Gasteiger partial charge in [-0.2, -0.15) is 4.52 Å². The van der Waals surface area contributed by atoms with Crippen molar-refractivity contribution in [3.05, 3.63) is 87.7 Å². The van der Waals surface area contributed by atoms with Crippen LogP contribution in [0, 0.1) is 11.6 Å². The summed E-state index contributed by atoms with van der Waals surface area (Å²) in [6, 6.07) is 8.85. The number of nitrogens with one attached hydrogen (secondary N) is 2. The minimum atomic E-state index is -1.04. The van der Waals surface area contributed by atoms with Crippen LogP contribution in [-0.2, 0) is 13.0 Å². The van der Waals surface area contributed by atoms with Crippen LogP contribution in [0.5, 0.6) is 0 Å². The fourth-order valence-electron chi connectivity index (χ4n) is 4.07. The molecular formula is C23H17F2N7O4. The maximum atomic E-state index is 13.5. The Morgan fingerprint density at radius 3 is 2.67 bits per heavy atom. The van der Waals surface area contributed by atoms with Gasteiger partial charge in [0.25, 0.3) is 17.6 Å². The molecule has 0 saturated heterocycles. The first-order valence-corrected chi connectivity index (χ1v) is 10.8. The lowest BCUT2D eigenvalue weighted by molar-refractivity contribution is 0.0696. The van der Waals surface area contributed by atoms with E-state index in [-0.39, 0.29) is 35.3 Å². The van der Waals surface area contributed by atoms with Gasteiger partial charge < -0.3 is 15.7 Å². The Kier molecular flexibility index (Phi) is 5.80. The van der Waals surface area contributed by atoms with Crippen molar-refractivity contribution in [2.75, 3.05) is 0 Å². The minimum absolute atomic E-state index is 0.0847. The summed E-state index contributed by atoms with van der Waals surface area (Å²) >= 11 is 0. The average molecular weight is 493 g/mol. The van der Waals surface area contributed by atoms with Crippen molar-refractivity contribution in [2.24, 2.45) is 0 Å². The van der Waals surface area contributed by atoms with Crippen LogP contribution in [0.4, 0.5) is 8.78 Å². The Morgan fingerprint density at radius 2 is 1.89 bits per heavy atom. The van der Waals surface area contributed by atoms with Crippen molar-refractivity contribution in [1.29, 1.82) is 0 Å². The SMILES string of the molecule is O=C(O)c1ccc2c(c1)CCC2NC(=O)c1cc(C(=O)NCc2ccc(F)c(F)c2)n2nnnc2n1. The van der Waals surface area contributed by atoms with Gasteiger partial charge >= 0.3 is 5.97 Å². The Labute approximate surface area is 201 Å². The number of halogens is 2. The largest absolute Gasteiger partial charge is 0.478 e. The number of hydrogen-bond acceptors (Lipinski definition) is 7. The van der Waals surface area contributed by atoms with Crippen LogP contribution < -0.4 is 10.6 Å². The first-order valence-electron chi connectivity index (χ1n) is 10.8. The molecule has 0 bridgehead atoms. The number of aromatic nitrogens is 5. The van der Waals surface area contributed by atoms with Crippen LogP contribution in [0.3, 0.4) is 0 Å². The molecule has 13 heteroatoms. The number of amides is 2. The maximum Gasteiger partial charge on any atom is 0.335 e. The van der Waals surface area contributed by atoms with Crippen LogP contribution in [0.15, 0.2) is 42.5 Å². The van der Waals surface area contributed by atoms with Crippen molar-refractivity contribution in [3.63, 3.8) is 0 Å². The molecule has 2 aromatic heterocycles. The summed E-state index contributed by atoms with van der Waals surface area (Å²) in [6.07, 6.45) is 1.17. The van der Waals surface area contributed by atoms with Crippen LogP contribution in [-0.4, -0.2) is 47.9 Å². The summed E-state index contributed by atoms with van der Waals surface area (Å²) in [4.78, 5) is 41.2. The predicted molar refractivity (Wildman–Crippen MR) is 118 cm³/mol. The molecule has 182 valence electrons. The quantitative estimate of drug-likeness (QED) is 0.368. The third kappa shape index (κ3) is 4.33. The lowest BCUT2D eigenvalue weighted by Crippen LogP contribution is -2.30. The molecule has 1 atom stereocenters. The molecule has 36 heavy (non-hydrogen) atoms. The fourth-order valence-corrected chi connectivity index (χ4v) is 4.07. The fraction of sp³-hybridized carbons (Fsp3) is 0.174. The summed E-state index contributed by atoms with van der Waals surface area (Å²) in [5.41, 5.74) is 1.95. The molecule has 11 nitrogen and oxygen atoms in total. The second-order valence-corrected chi connectivity index (χ2v) is 8.13. The molecule has 2 heterocycles. The molecule has 0 radical (unpaired) electrons. The van der Waals surface area contributed by atoms with Gasteiger partial charge in [0, 0.05) is 12.6 Å². The highest BCUT2D eigenvalue weighted by Crippen LogP contribution is 2.32.